The van der Waals surface area contributed by atoms with Gasteiger partial charge in [0.1, 0.15) is 16.9 Å². The van der Waals surface area contributed by atoms with Crippen molar-refractivity contribution in [3.8, 4) is 5.75 Å². The third kappa shape index (κ3) is 6.54. The predicted molar refractivity (Wildman–Crippen MR) is 106 cm³/mol. The van der Waals surface area contributed by atoms with Crippen LogP contribution in [0, 0.1) is 5.92 Å². The van der Waals surface area contributed by atoms with E-state index >= 15 is 0 Å². The second-order valence-electron chi connectivity index (χ2n) is 7.26. The molecular weight excluding hydrogens is 346 g/mol. The number of rotatable bonds is 10. The van der Waals surface area contributed by atoms with Crippen molar-refractivity contribution in [1.82, 2.24) is 0 Å². The summed E-state index contributed by atoms with van der Waals surface area (Å²) < 4.78 is 16.4. The molecule has 0 unspecified atom stereocenters. The van der Waals surface area contributed by atoms with Crippen molar-refractivity contribution in [3.63, 3.8) is 0 Å². The Morgan fingerprint density at radius 3 is 2.37 bits per heavy atom. The molecule has 0 bridgehead atoms. The molecule has 1 aromatic rings. The van der Waals surface area contributed by atoms with Crippen LogP contribution in [0.4, 0.5) is 5.69 Å². The highest BCUT2D eigenvalue weighted by Gasteiger charge is 2.35. The van der Waals surface area contributed by atoms with Crippen LogP contribution in [0.2, 0.25) is 0 Å². The molecule has 0 spiro atoms. The van der Waals surface area contributed by atoms with Gasteiger partial charge in [0.05, 0.1) is 13.2 Å². The first-order valence-electron chi connectivity index (χ1n) is 9.51. The number of esters is 1. The fourth-order valence-corrected chi connectivity index (χ4v) is 2.86. The highest BCUT2D eigenvalue weighted by atomic mass is 16.5. The molecule has 0 aliphatic carbocycles. The van der Waals surface area contributed by atoms with Crippen LogP contribution in [-0.4, -0.2) is 37.3 Å². The first-order chi connectivity index (χ1) is 12.7. The van der Waals surface area contributed by atoms with E-state index in [4.69, 9.17) is 14.2 Å². The van der Waals surface area contributed by atoms with Crippen LogP contribution in [-0.2, 0) is 14.3 Å². The van der Waals surface area contributed by atoms with Gasteiger partial charge in [-0.1, -0.05) is 20.8 Å². The molecule has 0 saturated heterocycles. The van der Waals surface area contributed by atoms with Gasteiger partial charge >= 0.3 is 5.97 Å². The van der Waals surface area contributed by atoms with Crippen LogP contribution in [0.25, 0.3) is 0 Å². The fraction of sp³-hybridized carbons (Fsp3) is 0.619. The van der Waals surface area contributed by atoms with Crippen LogP contribution >= 0.6 is 0 Å². The Labute approximate surface area is 162 Å². The molecule has 6 nitrogen and oxygen atoms in total. The minimum atomic E-state index is -0.944. The van der Waals surface area contributed by atoms with Gasteiger partial charge in [0.15, 0.2) is 0 Å². The zero-order chi connectivity index (χ0) is 20.6. The third-order valence-corrected chi connectivity index (χ3v) is 4.29. The van der Waals surface area contributed by atoms with E-state index in [2.05, 4.69) is 5.32 Å². The molecule has 0 aliphatic rings. The topological polar surface area (TPSA) is 73.9 Å². The summed E-state index contributed by atoms with van der Waals surface area (Å²) in [4.78, 5) is 25.0. The summed E-state index contributed by atoms with van der Waals surface area (Å²) in [5.41, 5.74) is -0.176. The van der Waals surface area contributed by atoms with Crippen LogP contribution in [0.15, 0.2) is 18.2 Å². The van der Waals surface area contributed by atoms with Crippen molar-refractivity contribution < 1.29 is 23.8 Å². The molecule has 152 valence electrons. The summed E-state index contributed by atoms with van der Waals surface area (Å²) in [6.07, 6.45) is 1.35. The van der Waals surface area contributed by atoms with Gasteiger partial charge in [-0.3, -0.25) is 4.79 Å². The Kier molecular flexibility index (Phi) is 8.76. The molecule has 0 fully saturated rings. The SMILES string of the molecule is CCO[C@@](C)(CC(C)C)C(=O)Nc1ccc(O[C@@H](C)CC)c(C(=O)OC)c1. The summed E-state index contributed by atoms with van der Waals surface area (Å²) in [5, 5.41) is 2.86. The lowest BCUT2D eigenvalue weighted by Gasteiger charge is -2.30. The van der Waals surface area contributed by atoms with E-state index in [1.807, 2.05) is 34.6 Å². The van der Waals surface area contributed by atoms with Gasteiger partial charge in [-0.2, -0.15) is 0 Å². The first kappa shape index (κ1) is 23.0. The molecule has 1 N–H and O–H groups in total. The second-order valence-corrected chi connectivity index (χ2v) is 7.26. The fourth-order valence-electron chi connectivity index (χ4n) is 2.86. The molecule has 0 aromatic heterocycles. The minimum absolute atomic E-state index is 0.0406. The molecule has 0 radical (unpaired) electrons. The number of carbonyl (C=O) groups is 2. The summed E-state index contributed by atoms with van der Waals surface area (Å²) in [6, 6.07) is 4.96. The summed E-state index contributed by atoms with van der Waals surface area (Å²) >= 11 is 0. The predicted octanol–water partition coefficient (Wildman–Crippen LogP) is 4.43. The number of methoxy groups -OCH3 is 1. The van der Waals surface area contributed by atoms with Crippen LogP contribution in [0.5, 0.6) is 5.75 Å². The normalized spacial score (nSPS) is 14.4. The van der Waals surface area contributed by atoms with Crippen molar-refractivity contribution in [2.24, 2.45) is 5.92 Å². The van der Waals surface area contributed by atoms with Crippen molar-refractivity contribution in [1.29, 1.82) is 0 Å². The third-order valence-electron chi connectivity index (χ3n) is 4.29. The van der Waals surface area contributed by atoms with Gasteiger partial charge < -0.3 is 19.5 Å². The molecule has 0 saturated carbocycles. The van der Waals surface area contributed by atoms with Gasteiger partial charge in [0.2, 0.25) is 0 Å². The Bertz CT molecular complexity index is 643. The van der Waals surface area contributed by atoms with E-state index in [0.29, 0.717) is 30.4 Å². The maximum atomic E-state index is 12.8. The molecular formula is C21H33NO5. The molecule has 1 amide bonds. The zero-order valence-electron chi connectivity index (χ0n) is 17.5. The summed E-state index contributed by atoms with van der Waals surface area (Å²) in [6.45, 7) is 12.1. The van der Waals surface area contributed by atoms with Crippen molar-refractivity contribution >= 4 is 17.6 Å². The Morgan fingerprint density at radius 2 is 1.85 bits per heavy atom. The van der Waals surface area contributed by atoms with E-state index in [1.165, 1.54) is 7.11 Å². The standard InChI is InChI=1S/C21H33NO5/c1-8-15(5)27-18-11-10-16(12-17(18)19(23)25-7)22-20(24)21(6,26-9-2)13-14(3)4/h10-12,14-15H,8-9,13H2,1-7H3,(H,22,24)/t15-,21-/m0/s1. The van der Waals surface area contributed by atoms with E-state index < -0.39 is 11.6 Å². The average Bonchev–Trinajstić information content (AvgIpc) is 2.61. The molecule has 0 heterocycles. The van der Waals surface area contributed by atoms with Crippen molar-refractivity contribution in [3.05, 3.63) is 23.8 Å². The molecule has 27 heavy (non-hydrogen) atoms. The number of anilines is 1. The highest BCUT2D eigenvalue weighted by molar-refractivity contribution is 5.99. The zero-order valence-corrected chi connectivity index (χ0v) is 17.5. The van der Waals surface area contributed by atoms with Crippen molar-refractivity contribution in [2.45, 2.75) is 66.1 Å². The van der Waals surface area contributed by atoms with Crippen LogP contribution in [0.1, 0.15) is 64.7 Å². The van der Waals surface area contributed by atoms with E-state index in [-0.39, 0.29) is 17.6 Å². The van der Waals surface area contributed by atoms with Gasteiger partial charge in [0.25, 0.3) is 5.91 Å². The Hall–Kier alpha value is -2.08. The van der Waals surface area contributed by atoms with Crippen LogP contribution < -0.4 is 10.1 Å². The average molecular weight is 379 g/mol. The lowest BCUT2D eigenvalue weighted by atomic mass is 9.93. The molecule has 0 aliphatic heterocycles. The monoisotopic (exact) mass is 379 g/mol. The number of nitrogens with one attached hydrogen (secondary N) is 1. The summed E-state index contributed by atoms with van der Waals surface area (Å²) in [7, 11) is 1.31. The molecule has 1 aromatic carbocycles. The van der Waals surface area contributed by atoms with E-state index in [9.17, 15) is 9.59 Å². The number of carbonyl (C=O) groups excluding carboxylic acids is 2. The number of amides is 1. The van der Waals surface area contributed by atoms with E-state index in [1.54, 1.807) is 25.1 Å². The maximum Gasteiger partial charge on any atom is 0.341 e. The second kappa shape index (κ2) is 10.3. The van der Waals surface area contributed by atoms with Gasteiger partial charge in [-0.05, 0) is 57.7 Å². The Balaban J connectivity index is 3.12. The molecule has 2 atom stereocenters. The largest absolute Gasteiger partial charge is 0.490 e. The molecule has 6 heteroatoms. The van der Waals surface area contributed by atoms with Crippen LogP contribution in [0.3, 0.4) is 0 Å². The highest BCUT2D eigenvalue weighted by Crippen LogP contribution is 2.28. The van der Waals surface area contributed by atoms with Gasteiger partial charge in [-0.25, -0.2) is 4.79 Å². The van der Waals surface area contributed by atoms with Gasteiger partial charge in [-0.15, -0.1) is 0 Å². The smallest absolute Gasteiger partial charge is 0.341 e. The van der Waals surface area contributed by atoms with E-state index in [0.717, 1.165) is 6.42 Å². The maximum absolute atomic E-state index is 12.8. The number of ether oxygens (including phenoxy) is 3. The lowest BCUT2D eigenvalue weighted by molar-refractivity contribution is -0.140. The number of hydrogen-bond acceptors (Lipinski definition) is 5. The number of hydrogen-bond donors (Lipinski definition) is 1. The minimum Gasteiger partial charge on any atom is -0.490 e. The molecule has 1 rings (SSSR count). The Morgan fingerprint density at radius 1 is 1.19 bits per heavy atom. The summed E-state index contributed by atoms with van der Waals surface area (Å²) in [5.74, 6) is -0.0307. The lowest BCUT2D eigenvalue weighted by Crippen LogP contribution is -2.44. The number of benzene rings is 1. The van der Waals surface area contributed by atoms with Gasteiger partial charge in [0, 0.05) is 12.3 Å². The van der Waals surface area contributed by atoms with Crippen molar-refractivity contribution in [2.75, 3.05) is 19.0 Å². The quantitative estimate of drug-likeness (QED) is 0.609. The first-order valence-corrected chi connectivity index (χ1v) is 9.51.